The molecule has 2 heterocycles. The lowest BCUT2D eigenvalue weighted by Gasteiger charge is -2.39. The largest absolute Gasteiger partial charge is 0.545 e. The summed E-state index contributed by atoms with van der Waals surface area (Å²) in [6.45, 7) is 15.6. The summed E-state index contributed by atoms with van der Waals surface area (Å²) in [6.07, 6.45) is 1.78. The fourth-order valence-corrected chi connectivity index (χ4v) is 5.09. The Morgan fingerprint density at radius 3 is 2.45 bits per heavy atom. The summed E-state index contributed by atoms with van der Waals surface area (Å²) in [7, 11) is -2.00. The number of rotatable bonds is 5. The number of fused-ring (bicyclic) bond motifs is 3. The SMILES string of the molecule is CC1(C)OC2[C@H](O[C@@H]3C(O[Si](C)(C)C(C)(C)C)=CC[C@]23OCc2ccccc2)O1. The Labute approximate surface area is 175 Å². The van der Waals surface area contributed by atoms with Gasteiger partial charge in [-0.25, -0.2) is 0 Å². The van der Waals surface area contributed by atoms with Crippen molar-refractivity contribution >= 4 is 8.32 Å². The van der Waals surface area contributed by atoms with Gasteiger partial charge in [-0.05, 0) is 43.6 Å². The Hall–Kier alpha value is -1.18. The lowest BCUT2D eigenvalue weighted by molar-refractivity contribution is -0.232. The normalized spacial score (nSPS) is 33.3. The second kappa shape index (κ2) is 6.92. The van der Waals surface area contributed by atoms with Crippen LogP contribution in [-0.4, -0.2) is 38.2 Å². The molecule has 29 heavy (non-hydrogen) atoms. The van der Waals surface area contributed by atoms with Crippen LogP contribution in [0.1, 0.15) is 46.6 Å². The van der Waals surface area contributed by atoms with E-state index in [0.29, 0.717) is 13.0 Å². The van der Waals surface area contributed by atoms with Crippen molar-refractivity contribution in [1.29, 1.82) is 0 Å². The van der Waals surface area contributed by atoms with Gasteiger partial charge in [0.1, 0.15) is 23.6 Å². The summed E-state index contributed by atoms with van der Waals surface area (Å²) in [6, 6.07) is 10.2. The maximum Gasteiger partial charge on any atom is 0.250 e. The summed E-state index contributed by atoms with van der Waals surface area (Å²) in [4.78, 5) is 0. The van der Waals surface area contributed by atoms with Crippen LogP contribution in [0.15, 0.2) is 42.2 Å². The van der Waals surface area contributed by atoms with Crippen LogP contribution in [0.2, 0.25) is 18.1 Å². The van der Waals surface area contributed by atoms with E-state index >= 15 is 0 Å². The predicted octanol–water partition coefficient (Wildman–Crippen LogP) is 5.13. The quantitative estimate of drug-likeness (QED) is 0.621. The molecule has 1 aliphatic carbocycles. The monoisotopic (exact) mass is 418 g/mol. The molecule has 1 unspecified atom stereocenters. The number of benzene rings is 1. The van der Waals surface area contributed by atoms with Crippen molar-refractivity contribution in [3.63, 3.8) is 0 Å². The second-order valence-corrected chi connectivity index (χ2v) is 15.1. The summed E-state index contributed by atoms with van der Waals surface area (Å²) in [5.41, 5.74) is 0.493. The molecule has 0 bridgehead atoms. The highest BCUT2D eigenvalue weighted by molar-refractivity contribution is 6.74. The Kier molecular flexibility index (Phi) is 5.03. The van der Waals surface area contributed by atoms with E-state index < -0.39 is 26.0 Å². The molecule has 2 saturated heterocycles. The van der Waals surface area contributed by atoms with Crippen molar-refractivity contribution in [3.05, 3.63) is 47.7 Å². The third kappa shape index (κ3) is 3.70. The van der Waals surface area contributed by atoms with Gasteiger partial charge in [0, 0.05) is 6.42 Å². The first kappa shape index (κ1) is 21.1. The Morgan fingerprint density at radius 2 is 1.79 bits per heavy atom. The third-order valence-electron chi connectivity index (χ3n) is 6.66. The number of hydrogen-bond acceptors (Lipinski definition) is 5. The minimum Gasteiger partial charge on any atom is -0.545 e. The van der Waals surface area contributed by atoms with Gasteiger partial charge in [-0.1, -0.05) is 51.1 Å². The molecule has 0 saturated carbocycles. The van der Waals surface area contributed by atoms with Gasteiger partial charge in [0.05, 0.1) is 6.61 Å². The lowest BCUT2D eigenvalue weighted by Crippen LogP contribution is -2.50. The van der Waals surface area contributed by atoms with Crippen LogP contribution in [0.4, 0.5) is 0 Å². The maximum atomic E-state index is 6.66. The highest BCUT2D eigenvalue weighted by atomic mass is 28.4. The minimum absolute atomic E-state index is 0.105. The smallest absolute Gasteiger partial charge is 0.250 e. The molecule has 6 heteroatoms. The summed E-state index contributed by atoms with van der Waals surface area (Å²) < 4.78 is 31.9. The van der Waals surface area contributed by atoms with E-state index in [-0.39, 0.29) is 17.2 Å². The Bertz CT molecular complexity index is 782. The first-order chi connectivity index (χ1) is 13.4. The van der Waals surface area contributed by atoms with Gasteiger partial charge in [-0.2, -0.15) is 0 Å². The Balaban J connectivity index is 1.59. The van der Waals surface area contributed by atoms with Gasteiger partial charge >= 0.3 is 0 Å². The van der Waals surface area contributed by atoms with Gasteiger partial charge in [-0.3, -0.25) is 0 Å². The van der Waals surface area contributed by atoms with Gasteiger partial charge in [-0.15, -0.1) is 0 Å². The van der Waals surface area contributed by atoms with Crippen LogP contribution in [-0.2, 0) is 30.0 Å². The molecule has 1 aromatic rings. The summed E-state index contributed by atoms with van der Waals surface area (Å²) in [5, 5.41) is 0.105. The molecule has 0 N–H and O–H groups in total. The van der Waals surface area contributed by atoms with Gasteiger partial charge in [0.2, 0.25) is 8.32 Å². The lowest BCUT2D eigenvalue weighted by atomic mass is 9.93. The van der Waals surface area contributed by atoms with E-state index in [2.05, 4.69) is 52.1 Å². The van der Waals surface area contributed by atoms with Gasteiger partial charge in [0.15, 0.2) is 12.1 Å². The average Bonchev–Trinajstić information content (AvgIpc) is 3.20. The molecule has 5 nitrogen and oxygen atoms in total. The summed E-state index contributed by atoms with van der Waals surface area (Å²) in [5.74, 6) is 0.191. The standard InChI is InChI=1S/C23H34O5Si/c1-21(2,3)29(6,7)28-17-13-14-23(24-15-16-11-9-8-10-12-16)18(17)25-20-19(23)26-22(4,5)27-20/h8-13,18-20H,14-15H2,1-7H3/t18-,19?,20-,23-/m1/s1. The molecule has 0 aromatic heterocycles. The topological polar surface area (TPSA) is 46.2 Å². The minimum atomic E-state index is -2.00. The predicted molar refractivity (Wildman–Crippen MR) is 114 cm³/mol. The first-order valence-corrected chi connectivity index (χ1v) is 13.4. The molecular formula is C23H34O5Si. The van der Waals surface area contributed by atoms with Crippen molar-refractivity contribution in [3.8, 4) is 0 Å². The molecule has 2 fully saturated rings. The fourth-order valence-electron chi connectivity index (χ4n) is 4.01. The van der Waals surface area contributed by atoms with Crippen LogP contribution in [0.25, 0.3) is 0 Å². The van der Waals surface area contributed by atoms with E-state index in [1.54, 1.807) is 0 Å². The highest BCUT2D eigenvalue weighted by Crippen LogP contribution is 2.53. The first-order valence-electron chi connectivity index (χ1n) is 10.5. The molecule has 3 aliphatic rings. The van der Waals surface area contributed by atoms with Gasteiger partial charge in [0.25, 0.3) is 0 Å². The van der Waals surface area contributed by atoms with E-state index in [4.69, 9.17) is 23.4 Å². The van der Waals surface area contributed by atoms with Crippen molar-refractivity contribution < 1.29 is 23.4 Å². The maximum absolute atomic E-state index is 6.66. The molecule has 0 spiro atoms. The molecule has 4 rings (SSSR count). The molecule has 1 aromatic carbocycles. The van der Waals surface area contributed by atoms with Crippen LogP contribution < -0.4 is 0 Å². The molecule has 0 amide bonds. The zero-order valence-electron chi connectivity index (χ0n) is 18.7. The second-order valence-electron chi connectivity index (χ2n) is 10.3. The molecule has 0 radical (unpaired) electrons. The van der Waals surface area contributed by atoms with Crippen LogP contribution >= 0.6 is 0 Å². The van der Waals surface area contributed by atoms with E-state index in [1.165, 1.54) is 0 Å². The van der Waals surface area contributed by atoms with E-state index in [1.807, 2.05) is 32.0 Å². The third-order valence-corrected chi connectivity index (χ3v) is 11.0. The zero-order valence-corrected chi connectivity index (χ0v) is 19.7. The van der Waals surface area contributed by atoms with Gasteiger partial charge < -0.3 is 23.4 Å². The van der Waals surface area contributed by atoms with Crippen molar-refractivity contribution in [2.45, 2.75) is 95.7 Å². The average molecular weight is 419 g/mol. The van der Waals surface area contributed by atoms with Crippen LogP contribution in [0, 0.1) is 0 Å². The van der Waals surface area contributed by atoms with Crippen molar-refractivity contribution in [1.82, 2.24) is 0 Å². The molecular weight excluding hydrogens is 384 g/mol. The van der Waals surface area contributed by atoms with Crippen LogP contribution in [0.3, 0.4) is 0 Å². The van der Waals surface area contributed by atoms with E-state index in [9.17, 15) is 0 Å². The molecule has 4 atom stereocenters. The fraction of sp³-hybridized carbons (Fsp3) is 0.652. The number of hydrogen-bond donors (Lipinski definition) is 0. The number of ether oxygens (including phenoxy) is 4. The molecule has 160 valence electrons. The Morgan fingerprint density at radius 1 is 1.10 bits per heavy atom. The van der Waals surface area contributed by atoms with E-state index in [0.717, 1.165) is 11.3 Å². The molecule has 2 aliphatic heterocycles. The summed E-state index contributed by atoms with van der Waals surface area (Å²) >= 11 is 0. The highest BCUT2D eigenvalue weighted by Gasteiger charge is 2.67. The zero-order chi connectivity index (χ0) is 21.1. The van der Waals surface area contributed by atoms with Crippen molar-refractivity contribution in [2.24, 2.45) is 0 Å². The van der Waals surface area contributed by atoms with Crippen molar-refractivity contribution in [2.75, 3.05) is 0 Å². The van der Waals surface area contributed by atoms with Crippen LogP contribution in [0.5, 0.6) is 0 Å².